The van der Waals surface area contributed by atoms with Gasteiger partial charge in [-0.25, -0.2) is 0 Å². The van der Waals surface area contributed by atoms with E-state index in [0.717, 1.165) is 36.8 Å². The monoisotopic (exact) mass is 552 g/mol. The standard InChI is InChI=1S/2C14H32O3Si/c2*1-6-15-18(16-7-2,17-8-3)13-11-9-10-12-14(4)5/h2*14H,6-13H2,1-5H3. The molecule has 0 aliphatic rings. The van der Waals surface area contributed by atoms with Crippen LogP contribution in [-0.2, 0) is 26.6 Å². The second kappa shape index (κ2) is 25.5. The minimum atomic E-state index is -2.37. The molecule has 0 aromatic carbocycles. The lowest BCUT2D eigenvalue weighted by atomic mass is 10.1. The SMILES string of the molecule is CCO[Si](CCCCCC(C)C)(OCC)OCC.CCO[Si](CCCCCC(C)C)(OCC)OCC. The molecular weight excluding hydrogens is 488 g/mol. The molecule has 0 heterocycles. The smallest absolute Gasteiger partial charge is 0.374 e. The number of rotatable bonds is 24. The molecule has 0 amide bonds. The summed E-state index contributed by atoms with van der Waals surface area (Å²) in [7, 11) is -4.75. The van der Waals surface area contributed by atoms with Gasteiger partial charge in [-0.2, -0.15) is 0 Å². The molecule has 0 aliphatic heterocycles. The topological polar surface area (TPSA) is 55.4 Å². The largest absolute Gasteiger partial charge is 0.500 e. The number of hydrogen-bond acceptors (Lipinski definition) is 6. The maximum Gasteiger partial charge on any atom is 0.500 e. The maximum atomic E-state index is 5.83. The molecule has 0 rings (SSSR count). The first kappa shape index (κ1) is 38.3. The van der Waals surface area contributed by atoms with E-state index >= 15 is 0 Å². The van der Waals surface area contributed by atoms with Gasteiger partial charge in [-0.3, -0.25) is 0 Å². The van der Waals surface area contributed by atoms with Gasteiger partial charge in [0.25, 0.3) is 0 Å². The van der Waals surface area contributed by atoms with E-state index in [9.17, 15) is 0 Å². The van der Waals surface area contributed by atoms with Gasteiger partial charge in [0.2, 0.25) is 0 Å². The molecule has 0 radical (unpaired) electrons. The first-order chi connectivity index (χ1) is 17.2. The summed E-state index contributed by atoms with van der Waals surface area (Å²) in [5.74, 6) is 1.61. The van der Waals surface area contributed by atoms with Gasteiger partial charge in [-0.15, -0.1) is 0 Å². The summed E-state index contributed by atoms with van der Waals surface area (Å²) in [6, 6.07) is 1.92. The Morgan fingerprint density at radius 3 is 0.833 bits per heavy atom. The van der Waals surface area contributed by atoms with E-state index in [-0.39, 0.29) is 0 Å². The van der Waals surface area contributed by atoms with Crippen molar-refractivity contribution >= 4 is 17.6 Å². The summed E-state index contributed by atoms with van der Waals surface area (Å²) in [5.41, 5.74) is 0. The van der Waals surface area contributed by atoms with Gasteiger partial charge < -0.3 is 26.6 Å². The van der Waals surface area contributed by atoms with E-state index in [4.69, 9.17) is 26.6 Å². The van der Waals surface area contributed by atoms with Crippen molar-refractivity contribution in [1.82, 2.24) is 0 Å². The zero-order valence-corrected chi connectivity index (χ0v) is 27.9. The third-order valence-corrected chi connectivity index (χ3v) is 12.0. The van der Waals surface area contributed by atoms with Gasteiger partial charge in [0.1, 0.15) is 0 Å². The summed E-state index contributed by atoms with van der Waals surface area (Å²) in [6.07, 6.45) is 10.0. The van der Waals surface area contributed by atoms with E-state index in [1.165, 1.54) is 38.5 Å². The molecule has 0 N–H and O–H groups in total. The molecule has 0 aromatic rings. The zero-order chi connectivity index (χ0) is 27.7. The summed E-state index contributed by atoms with van der Waals surface area (Å²) < 4.78 is 35.0. The van der Waals surface area contributed by atoms with Crippen LogP contribution in [0.5, 0.6) is 0 Å². The van der Waals surface area contributed by atoms with Crippen LogP contribution in [0.15, 0.2) is 0 Å². The average molecular weight is 553 g/mol. The first-order valence-corrected chi connectivity index (χ1v) is 18.9. The van der Waals surface area contributed by atoms with Crippen LogP contribution in [0.4, 0.5) is 0 Å². The Hall–Kier alpha value is 0.194. The molecular formula is C28H64O6Si2. The van der Waals surface area contributed by atoms with Crippen LogP contribution < -0.4 is 0 Å². The predicted molar refractivity (Wildman–Crippen MR) is 157 cm³/mol. The van der Waals surface area contributed by atoms with E-state index in [2.05, 4.69) is 27.7 Å². The Morgan fingerprint density at radius 1 is 0.389 bits per heavy atom. The second-order valence-corrected chi connectivity index (χ2v) is 15.4. The molecule has 8 heteroatoms. The predicted octanol–water partition coefficient (Wildman–Crippen LogP) is 8.50. The second-order valence-electron chi connectivity index (χ2n) is 9.95. The summed E-state index contributed by atoms with van der Waals surface area (Å²) >= 11 is 0. The van der Waals surface area contributed by atoms with Crippen molar-refractivity contribution in [3.63, 3.8) is 0 Å². The molecule has 0 saturated heterocycles. The molecule has 0 aliphatic carbocycles. The Labute approximate surface area is 228 Å². The lowest BCUT2D eigenvalue weighted by molar-refractivity contribution is 0.0698. The van der Waals surface area contributed by atoms with Crippen molar-refractivity contribution in [2.45, 2.75) is 133 Å². The average Bonchev–Trinajstić information content (AvgIpc) is 2.80. The van der Waals surface area contributed by atoms with Gasteiger partial charge in [0.15, 0.2) is 0 Å². The van der Waals surface area contributed by atoms with E-state index in [0.29, 0.717) is 39.6 Å². The summed E-state index contributed by atoms with van der Waals surface area (Å²) in [6.45, 7) is 25.3. The third-order valence-electron chi connectivity index (χ3n) is 5.71. The van der Waals surface area contributed by atoms with Crippen molar-refractivity contribution < 1.29 is 26.6 Å². The highest BCUT2D eigenvalue weighted by molar-refractivity contribution is 6.61. The molecule has 0 saturated carbocycles. The lowest BCUT2D eigenvalue weighted by Gasteiger charge is -2.28. The molecule has 0 atom stereocenters. The summed E-state index contributed by atoms with van der Waals surface area (Å²) in [4.78, 5) is 0. The molecule has 36 heavy (non-hydrogen) atoms. The fourth-order valence-electron chi connectivity index (χ4n) is 4.14. The molecule has 0 fully saturated rings. The van der Waals surface area contributed by atoms with Crippen LogP contribution in [0, 0.1) is 11.8 Å². The molecule has 6 nitrogen and oxygen atoms in total. The van der Waals surface area contributed by atoms with Crippen molar-refractivity contribution in [2.75, 3.05) is 39.6 Å². The van der Waals surface area contributed by atoms with Gasteiger partial charge in [-0.1, -0.05) is 66.2 Å². The van der Waals surface area contributed by atoms with E-state index in [1.54, 1.807) is 0 Å². The van der Waals surface area contributed by atoms with Crippen LogP contribution >= 0.6 is 0 Å². The molecule has 0 spiro atoms. The minimum absolute atomic E-state index is 0.679. The molecule has 0 bridgehead atoms. The lowest BCUT2D eigenvalue weighted by Crippen LogP contribution is -2.45. The fourth-order valence-corrected chi connectivity index (χ4v) is 9.52. The van der Waals surface area contributed by atoms with Gasteiger partial charge in [-0.05, 0) is 66.2 Å². The normalized spacial score (nSPS) is 12.3. The maximum absolute atomic E-state index is 5.83. The van der Waals surface area contributed by atoms with Gasteiger partial charge >= 0.3 is 17.6 Å². The van der Waals surface area contributed by atoms with Crippen LogP contribution in [-0.4, -0.2) is 57.3 Å². The van der Waals surface area contributed by atoms with E-state index in [1.807, 2.05) is 41.5 Å². The van der Waals surface area contributed by atoms with Crippen LogP contribution in [0.2, 0.25) is 12.1 Å². The Bertz CT molecular complexity index is 378. The van der Waals surface area contributed by atoms with Crippen LogP contribution in [0.25, 0.3) is 0 Å². The Kier molecular flexibility index (Phi) is 27.1. The Morgan fingerprint density at radius 2 is 0.639 bits per heavy atom. The molecule has 220 valence electrons. The highest BCUT2D eigenvalue weighted by Gasteiger charge is 2.40. The number of hydrogen-bond donors (Lipinski definition) is 0. The molecule has 0 aromatic heterocycles. The zero-order valence-electron chi connectivity index (χ0n) is 25.9. The minimum Gasteiger partial charge on any atom is -0.374 e. The quantitative estimate of drug-likeness (QED) is 0.0883. The fraction of sp³-hybridized carbons (Fsp3) is 1.00. The van der Waals surface area contributed by atoms with Crippen molar-refractivity contribution in [3.05, 3.63) is 0 Å². The van der Waals surface area contributed by atoms with Crippen LogP contribution in [0.3, 0.4) is 0 Å². The van der Waals surface area contributed by atoms with Crippen molar-refractivity contribution in [1.29, 1.82) is 0 Å². The molecule has 0 unspecified atom stereocenters. The van der Waals surface area contributed by atoms with E-state index < -0.39 is 17.6 Å². The number of unbranched alkanes of at least 4 members (excludes halogenated alkanes) is 4. The van der Waals surface area contributed by atoms with Gasteiger partial charge in [0.05, 0.1) is 0 Å². The van der Waals surface area contributed by atoms with Crippen molar-refractivity contribution in [3.8, 4) is 0 Å². The highest BCUT2D eigenvalue weighted by atomic mass is 28.4. The Balaban J connectivity index is 0. The highest BCUT2D eigenvalue weighted by Crippen LogP contribution is 2.22. The van der Waals surface area contributed by atoms with Crippen molar-refractivity contribution in [2.24, 2.45) is 11.8 Å². The summed E-state index contributed by atoms with van der Waals surface area (Å²) in [5, 5.41) is 0. The van der Waals surface area contributed by atoms with Crippen LogP contribution in [0.1, 0.15) is 121 Å². The first-order valence-electron chi connectivity index (χ1n) is 15.0. The third kappa shape index (κ3) is 21.2. The van der Waals surface area contributed by atoms with Gasteiger partial charge in [0, 0.05) is 51.7 Å².